The smallest absolute Gasteiger partial charge is 0.262 e. The lowest BCUT2D eigenvalue weighted by molar-refractivity contribution is 0.173. The Morgan fingerprint density at radius 2 is 2.04 bits per heavy atom. The monoisotopic (exact) mass is 398 g/mol. The molecule has 7 heteroatoms. The van der Waals surface area contributed by atoms with Gasteiger partial charge < -0.3 is 4.52 Å². The molecule has 0 saturated heterocycles. The molecule has 1 fully saturated rings. The highest BCUT2D eigenvalue weighted by atomic mass is 32.2. The number of aromatic nitrogens is 4. The molecule has 2 heterocycles. The number of fused-ring (bicyclic) bond motifs is 1. The number of thioether (sulfide) groups is 1. The third-order valence-corrected chi connectivity index (χ3v) is 6.86. The molecule has 0 bridgehead atoms. The van der Waals surface area contributed by atoms with Crippen molar-refractivity contribution in [1.29, 1.82) is 0 Å². The van der Waals surface area contributed by atoms with Gasteiger partial charge in [-0.2, -0.15) is 4.98 Å². The molecule has 148 valence electrons. The molecular weight excluding hydrogens is 372 g/mol. The number of hydrogen-bond acceptors (Lipinski definition) is 6. The van der Waals surface area contributed by atoms with Crippen LogP contribution in [0.2, 0.25) is 0 Å². The van der Waals surface area contributed by atoms with E-state index in [1.54, 1.807) is 0 Å². The fraction of sp³-hybridized carbons (Fsp3) is 0.524. The van der Waals surface area contributed by atoms with Gasteiger partial charge in [0.05, 0.1) is 16.7 Å². The zero-order valence-corrected chi connectivity index (χ0v) is 17.4. The van der Waals surface area contributed by atoms with Gasteiger partial charge in [-0.3, -0.25) is 9.36 Å². The Bertz CT molecular complexity index is 1030. The van der Waals surface area contributed by atoms with Gasteiger partial charge >= 0.3 is 0 Å². The Hall–Kier alpha value is -2.15. The molecule has 1 aliphatic rings. The molecule has 0 spiro atoms. The van der Waals surface area contributed by atoms with Crippen molar-refractivity contribution in [1.82, 2.24) is 19.7 Å². The van der Waals surface area contributed by atoms with Crippen molar-refractivity contribution in [2.24, 2.45) is 11.8 Å². The van der Waals surface area contributed by atoms with Crippen LogP contribution < -0.4 is 5.56 Å². The average molecular weight is 399 g/mol. The minimum Gasteiger partial charge on any atom is -0.339 e. The number of para-hydroxylation sites is 1. The van der Waals surface area contributed by atoms with Crippen LogP contribution in [0, 0.1) is 11.8 Å². The minimum absolute atomic E-state index is 0.0569. The highest BCUT2D eigenvalue weighted by molar-refractivity contribution is 7.98. The van der Waals surface area contributed by atoms with Crippen LogP contribution in [0.25, 0.3) is 10.9 Å². The Morgan fingerprint density at radius 1 is 1.21 bits per heavy atom. The predicted octanol–water partition coefficient (Wildman–Crippen LogP) is 4.63. The molecule has 0 radical (unpaired) electrons. The van der Waals surface area contributed by atoms with Crippen molar-refractivity contribution in [3.63, 3.8) is 0 Å². The maximum Gasteiger partial charge on any atom is 0.262 e. The maximum absolute atomic E-state index is 13.4. The molecular formula is C21H26N4O2S. The van der Waals surface area contributed by atoms with E-state index in [-0.39, 0.29) is 11.6 Å². The lowest BCUT2D eigenvalue weighted by Gasteiger charge is -2.36. The number of benzene rings is 1. The maximum atomic E-state index is 13.4. The Balaban J connectivity index is 1.75. The van der Waals surface area contributed by atoms with E-state index in [1.807, 2.05) is 35.8 Å². The summed E-state index contributed by atoms with van der Waals surface area (Å²) in [7, 11) is 0. The van der Waals surface area contributed by atoms with Gasteiger partial charge in [-0.25, -0.2) is 4.98 Å². The summed E-state index contributed by atoms with van der Waals surface area (Å²) in [6.07, 6.45) is 4.10. The molecule has 3 unspecified atom stereocenters. The van der Waals surface area contributed by atoms with Crippen molar-refractivity contribution in [3.8, 4) is 0 Å². The van der Waals surface area contributed by atoms with Gasteiger partial charge in [0, 0.05) is 12.5 Å². The van der Waals surface area contributed by atoms with Crippen molar-refractivity contribution in [2.75, 3.05) is 0 Å². The van der Waals surface area contributed by atoms with E-state index < -0.39 is 0 Å². The molecule has 1 aliphatic carbocycles. The number of hydrogen-bond donors (Lipinski definition) is 0. The topological polar surface area (TPSA) is 73.8 Å². The third kappa shape index (κ3) is 3.60. The van der Waals surface area contributed by atoms with Crippen molar-refractivity contribution >= 4 is 22.7 Å². The summed E-state index contributed by atoms with van der Waals surface area (Å²) in [5.74, 6) is 2.84. The second kappa shape index (κ2) is 8.07. The van der Waals surface area contributed by atoms with Gasteiger partial charge in [-0.15, -0.1) is 0 Å². The second-order valence-corrected chi connectivity index (χ2v) is 8.61. The largest absolute Gasteiger partial charge is 0.339 e. The van der Waals surface area contributed by atoms with E-state index in [9.17, 15) is 4.79 Å². The second-order valence-electron chi connectivity index (χ2n) is 7.67. The van der Waals surface area contributed by atoms with Crippen molar-refractivity contribution in [3.05, 3.63) is 46.3 Å². The summed E-state index contributed by atoms with van der Waals surface area (Å²) in [4.78, 5) is 22.7. The van der Waals surface area contributed by atoms with E-state index in [0.717, 1.165) is 23.5 Å². The normalized spacial score (nSPS) is 22.6. The minimum atomic E-state index is 0.0569. The molecule has 6 nitrogen and oxygen atoms in total. The van der Waals surface area contributed by atoms with Gasteiger partial charge in [0.1, 0.15) is 0 Å². The summed E-state index contributed by atoms with van der Waals surface area (Å²) >= 11 is 1.52. The first-order valence-electron chi connectivity index (χ1n) is 10.0. The van der Waals surface area contributed by atoms with Crippen LogP contribution in [0.3, 0.4) is 0 Å². The summed E-state index contributed by atoms with van der Waals surface area (Å²) in [6, 6.07) is 7.78. The van der Waals surface area contributed by atoms with Gasteiger partial charge in [-0.05, 0) is 30.4 Å². The molecule has 4 rings (SSSR count). The van der Waals surface area contributed by atoms with Gasteiger partial charge in [0.15, 0.2) is 11.0 Å². The summed E-state index contributed by atoms with van der Waals surface area (Å²) < 4.78 is 7.15. The van der Waals surface area contributed by atoms with Crippen LogP contribution in [-0.2, 0) is 12.2 Å². The van der Waals surface area contributed by atoms with Crippen LogP contribution in [-0.4, -0.2) is 19.7 Å². The Labute approximate surface area is 168 Å². The third-order valence-electron chi connectivity index (χ3n) is 5.91. The Morgan fingerprint density at radius 3 is 2.82 bits per heavy atom. The molecule has 0 aliphatic heterocycles. The first-order chi connectivity index (χ1) is 13.6. The SMILES string of the molecule is CCc1nc(CSc2nc3ccccc3c(=O)n2C2CCCC(C)C2C)no1. The summed E-state index contributed by atoms with van der Waals surface area (Å²) in [5.41, 5.74) is 0.798. The lowest BCUT2D eigenvalue weighted by atomic mass is 9.78. The molecule has 0 N–H and O–H groups in total. The highest BCUT2D eigenvalue weighted by Crippen LogP contribution is 2.39. The number of rotatable bonds is 5. The fourth-order valence-corrected chi connectivity index (χ4v) is 4.96. The fourth-order valence-electron chi connectivity index (χ4n) is 4.06. The summed E-state index contributed by atoms with van der Waals surface area (Å²) in [6.45, 7) is 6.53. The first-order valence-corrected chi connectivity index (χ1v) is 11.0. The van der Waals surface area contributed by atoms with E-state index in [0.29, 0.717) is 41.1 Å². The van der Waals surface area contributed by atoms with Crippen LogP contribution in [0.15, 0.2) is 38.7 Å². The molecule has 3 aromatic rings. The van der Waals surface area contributed by atoms with E-state index in [2.05, 4.69) is 24.0 Å². The highest BCUT2D eigenvalue weighted by Gasteiger charge is 2.31. The van der Waals surface area contributed by atoms with E-state index in [1.165, 1.54) is 18.2 Å². The molecule has 2 aromatic heterocycles. The molecule has 0 amide bonds. The van der Waals surface area contributed by atoms with Gasteiger partial charge in [-0.1, -0.05) is 62.7 Å². The molecule has 3 atom stereocenters. The average Bonchev–Trinajstić information content (AvgIpc) is 3.17. The number of aryl methyl sites for hydroxylation is 1. The van der Waals surface area contributed by atoms with Crippen LogP contribution >= 0.6 is 11.8 Å². The van der Waals surface area contributed by atoms with E-state index >= 15 is 0 Å². The Kier molecular flexibility index (Phi) is 5.53. The van der Waals surface area contributed by atoms with Gasteiger partial charge in [0.2, 0.25) is 5.89 Å². The summed E-state index contributed by atoms with van der Waals surface area (Å²) in [5, 5.41) is 5.47. The van der Waals surface area contributed by atoms with Gasteiger partial charge in [0.25, 0.3) is 5.56 Å². The predicted molar refractivity (Wildman–Crippen MR) is 110 cm³/mol. The molecule has 28 heavy (non-hydrogen) atoms. The van der Waals surface area contributed by atoms with E-state index in [4.69, 9.17) is 9.51 Å². The molecule has 1 aromatic carbocycles. The standard InChI is InChI=1S/C21H26N4O2S/c1-4-19-23-18(24-27-19)12-28-21-22-16-10-6-5-9-15(16)20(26)25(21)17-11-7-8-13(2)14(17)3/h5-6,9-10,13-14,17H,4,7-8,11-12H2,1-3H3. The van der Waals surface area contributed by atoms with Crippen LogP contribution in [0.1, 0.15) is 57.8 Å². The first kappa shape index (κ1) is 19.2. The molecule has 1 saturated carbocycles. The van der Waals surface area contributed by atoms with Crippen molar-refractivity contribution < 1.29 is 4.52 Å². The van der Waals surface area contributed by atoms with Crippen molar-refractivity contribution in [2.45, 2.75) is 63.4 Å². The quantitative estimate of drug-likeness (QED) is 0.461. The number of nitrogens with zero attached hydrogens (tertiary/aromatic N) is 4. The lowest BCUT2D eigenvalue weighted by Crippen LogP contribution is -2.35. The zero-order valence-electron chi connectivity index (χ0n) is 16.6. The zero-order chi connectivity index (χ0) is 19.7. The van der Waals surface area contributed by atoms with Crippen LogP contribution in [0.4, 0.5) is 0 Å². The van der Waals surface area contributed by atoms with Crippen LogP contribution in [0.5, 0.6) is 0 Å².